The lowest BCUT2D eigenvalue weighted by Gasteiger charge is -2.29. The molecule has 4 heterocycles. The zero-order valence-corrected chi connectivity index (χ0v) is 19.3. The third-order valence-corrected chi connectivity index (χ3v) is 6.47. The first-order valence-corrected chi connectivity index (χ1v) is 11.7. The summed E-state index contributed by atoms with van der Waals surface area (Å²) in [6.45, 7) is 3.15. The Morgan fingerprint density at radius 2 is 2.06 bits per heavy atom. The molecule has 1 amide bonds. The predicted octanol–water partition coefficient (Wildman–Crippen LogP) is 4.20. The highest BCUT2D eigenvalue weighted by molar-refractivity contribution is 7.80. The van der Waals surface area contributed by atoms with Gasteiger partial charge in [0.25, 0.3) is 0 Å². The van der Waals surface area contributed by atoms with Gasteiger partial charge in [-0.15, -0.1) is 0 Å². The Morgan fingerprint density at radius 1 is 1.21 bits per heavy atom. The van der Waals surface area contributed by atoms with E-state index in [4.69, 9.17) is 17.0 Å². The molecule has 33 heavy (non-hydrogen) atoms. The van der Waals surface area contributed by atoms with Crippen LogP contribution in [0.1, 0.15) is 43.2 Å². The molecule has 0 bridgehead atoms. The molecule has 0 saturated carbocycles. The SMILES string of the molecule is CC(=O)Nc1ccc(N2C(=S)N[C@H](c3ccccn3)[C@@H]2c2cccn2C[C@@H]2CCCO2)cc1. The van der Waals surface area contributed by atoms with E-state index in [1.54, 1.807) is 0 Å². The van der Waals surface area contributed by atoms with Crippen molar-refractivity contribution in [3.8, 4) is 0 Å². The number of hydrogen-bond acceptors (Lipinski definition) is 4. The van der Waals surface area contributed by atoms with Crippen LogP contribution in [0.15, 0.2) is 67.0 Å². The van der Waals surface area contributed by atoms with E-state index in [-0.39, 0.29) is 24.1 Å². The third kappa shape index (κ3) is 4.49. The van der Waals surface area contributed by atoms with Crippen molar-refractivity contribution in [3.63, 3.8) is 0 Å². The maximum atomic E-state index is 11.4. The molecule has 2 aliphatic heterocycles. The van der Waals surface area contributed by atoms with Gasteiger partial charge in [-0.25, -0.2) is 0 Å². The summed E-state index contributed by atoms with van der Waals surface area (Å²) < 4.78 is 8.19. The number of thiocarbonyl (C=S) groups is 1. The summed E-state index contributed by atoms with van der Waals surface area (Å²) in [7, 11) is 0. The summed E-state index contributed by atoms with van der Waals surface area (Å²) in [5, 5.41) is 6.97. The molecule has 2 aliphatic rings. The number of aromatic nitrogens is 2. The number of amides is 1. The zero-order valence-electron chi connectivity index (χ0n) is 18.5. The van der Waals surface area contributed by atoms with Crippen molar-refractivity contribution in [2.45, 2.75) is 44.5 Å². The van der Waals surface area contributed by atoms with Gasteiger partial charge >= 0.3 is 0 Å². The van der Waals surface area contributed by atoms with E-state index < -0.39 is 0 Å². The molecule has 3 aromatic rings. The summed E-state index contributed by atoms with van der Waals surface area (Å²) in [5.41, 5.74) is 3.80. The van der Waals surface area contributed by atoms with Gasteiger partial charge in [0.1, 0.15) is 6.04 Å². The second-order valence-corrected chi connectivity index (χ2v) is 8.83. The number of hydrogen-bond donors (Lipinski definition) is 2. The third-order valence-electron chi connectivity index (χ3n) is 6.16. The lowest BCUT2D eigenvalue weighted by Crippen LogP contribution is -2.31. The molecule has 170 valence electrons. The fraction of sp³-hybridized carbons (Fsp3) is 0.320. The van der Waals surface area contributed by atoms with Gasteiger partial charge in [-0.3, -0.25) is 9.78 Å². The van der Waals surface area contributed by atoms with E-state index in [1.807, 2.05) is 48.7 Å². The van der Waals surface area contributed by atoms with Gasteiger partial charge < -0.3 is 24.8 Å². The van der Waals surface area contributed by atoms with Gasteiger partial charge in [0.15, 0.2) is 5.11 Å². The average molecular weight is 462 g/mol. The Hall–Kier alpha value is -3.23. The summed E-state index contributed by atoms with van der Waals surface area (Å²) in [4.78, 5) is 18.2. The van der Waals surface area contributed by atoms with Crippen LogP contribution in [0.5, 0.6) is 0 Å². The molecule has 2 N–H and O–H groups in total. The van der Waals surface area contributed by atoms with Crippen molar-refractivity contribution in [2.24, 2.45) is 0 Å². The van der Waals surface area contributed by atoms with Crippen molar-refractivity contribution in [1.82, 2.24) is 14.9 Å². The molecule has 8 heteroatoms. The Balaban J connectivity index is 1.53. The Morgan fingerprint density at radius 3 is 2.76 bits per heavy atom. The largest absolute Gasteiger partial charge is 0.376 e. The van der Waals surface area contributed by atoms with Crippen LogP contribution >= 0.6 is 12.2 Å². The number of nitrogens with zero attached hydrogens (tertiary/aromatic N) is 3. The Kier molecular flexibility index (Phi) is 6.11. The number of carbonyl (C=O) groups is 1. The number of nitrogens with one attached hydrogen (secondary N) is 2. The van der Waals surface area contributed by atoms with E-state index >= 15 is 0 Å². The molecule has 2 aromatic heterocycles. The van der Waals surface area contributed by atoms with Crippen molar-refractivity contribution in [3.05, 3.63) is 78.4 Å². The molecule has 0 radical (unpaired) electrons. The molecule has 1 aromatic carbocycles. The quantitative estimate of drug-likeness (QED) is 0.536. The topological polar surface area (TPSA) is 71.4 Å². The maximum absolute atomic E-state index is 11.4. The number of benzene rings is 1. The predicted molar refractivity (Wildman–Crippen MR) is 132 cm³/mol. The lowest BCUT2D eigenvalue weighted by atomic mass is 10.0. The van der Waals surface area contributed by atoms with Crippen molar-refractivity contribution < 1.29 is 9.53 Å². The second-order valence-electron chi connectivity index (χ2n) is 8.45. The first kappa shape index (κ1) is 21.6. The number of rotatable bonds is 6. The number of anilines is 2. The van der Waals surface area contributed by atoms with Gasteiger partial charge in [-0.05, 0) is 73.6 Å². The molecule has 5 rings (SSSR count). The molecule has 7 nitrogen and oxygen atoms in total. The minimum absolute atomic E-state index is 0.0876. The van der Waals surface area contributed by atoms with E-state index in [0.717, 1.165) is 48.8 Å². The Labute approximate surface area is 198 Å². The van der Waals surface area contributed by atoms with Gasteiger partial charge in [0.2, 0.25) is 5.91 Å². The van der Waals surface area contributed by atoms with Gasteiger partial charge in [0, 0.05) is 49.5 Å². The van der Waals surface area contributed by atoms with Crippen molar-refractivity contribution in [1.29, 1.82) is 0 Å². The molecular formula is C25H27N5O2S. The van der Waals surface area contributed by atoms with Crippen molar-refractivity contribution in [2.75, 3.05) is 16.8 Å². The first-order chi connectivity index (χ1) is 16.1. The number of pyridine rings is 1. The standard InChI is InChI=1S/C25H27N5O2S/c1-17(31)27-18-9-11-19(12-10-18)30-24(23(28-25(30)33)21-7-2-3-13-26-21)22-8-4-14-29(22)16-20-6-5-15-32-20/h2-4,7-14,20,23-24H,5-6,15-16H2,1H3,(H,27,31)(H,28,33)/t20-,23+,24-/m0/s1. The van der Waals surface area contributed by atoms with Crippen LogP contribution in [0.2, 0.25) is 0 Å². The second kappa shape index (κ2) is 9.33. The molecule has 3 atom stereocenters. The van der Waals surface area contributed by atoms with Gasteiger partial charge in [-0.1, -0.05) is 6.07 Å². The van der Waals surface area contributed by atoms with Crippen molar-refractivity contribution >= 4 is 34.6 Å². The van der Waals surface area contributed by atoms with Gasteiger partial charge in [-0.2, -0.15) is 0 Å². The fourth-order valence-corrected chi connectivity index (χ4v) is 5.06. The normalized spacial score (nSPS) is 22.4. The molecular weight excluding hydrogens is 434 g/mol. The van der Waals surface area contributed by atoms with Crippen LogP contribution in [0.25, 0.3) is 0 Å². The van der Waals surface area contributed by atoms with Crippen LogP contribution in [-0.4, -0.2) is 33.3 Å². The fourth-order valence-electron chi connectivity index (χ4n) is 4.71. The van der Waals surface area contributed by atoms with Crippen LogP contribution < -0.4 is 15.5 Å². The van der Waals surface area contributed by atoms with E-state index in [1.165, 1.54) is 6.92 Å². The van der Waals surface area contributed by atoms with E-state index in [0.29, 0.717) is 5.11 Å². The van der Waals surface area contributed by atoms with Crippen LogP contribution in [-0.2, 0) is 16.1 Å². The smallest absolute Gasteiger partial charge is 0.221 e. The van der Waals surface area contributed by atoms with E-state index in [2.05, 4.69) is 43.4 Å². The highest BCUT2D eigenvalue weighted by Crippen LogP contribution is 2.42. The summed E-state index contributed by atoms with van der Waals surface area (Å²) in [6, 6.07) is 17.8. The zero-order chi connectivity index (χ0) is 22.8. The van der Waals surface area contributed by atoms with E-state index in [9.17, 15) is 4.79 Å². The highest BCUT2D eigenvalue weighted by atomic mass is 32.1. The molecule has 0 unspecified atom stereocenters. The average Bonchev–Trinajstić information content (AvgIpc) is 3.55. The lowest BCUT2D eigenvalue weighted by molar-refractivity contribution is -0.114. The maximum Gasteiger partial charge on any atom is 0.221 e. The van der Waals surface area contributed by atoms with Gasteiger partial charge in [0.05, 0.1) is 17.8 Å². The number of carbonyl (C=O) groups excluding carboxylic acids is 1. The highest BCUT2D eigenvalue weighted by Gasteiger charge is 2.42. The molecule has 0 spiro atoms. The minimum Gasteiger partial charge on any atom is -0.376 e. The summed E-state index contributed by atoms with van der Waals surface area (Å²) in [6.07, 6.45) is 6.35. The monoisotopic (exact) mass is 461 g/mol. The van der Waals surface area contributed by atoms with Crippen LogP contribution in [0, 0.1) is 0 Å². The molecule has 2 saturated heterocycles. The van der Waals surface area contributed by atoms with Crippen LogP contribution in [0.3, 0.4) is 0 Å². The minimum atomic E-state index is -0.105. The summed E-state index contributed by atoms with van der Waals surface area (Å²) >= 11 is 5.82. The molecule has 2 fully saturated rings. The Bertz CT molecular complexity index is 1130. The summed E-state index contributed by atoms with van der Waals surface area (Å²) in [5.74, 6) is -0.0961. The molecule has 0 aliphatic carbocycles. The number of ether oxygens (including phenoxy) is 1. The van der Waals surface area contributed by atoms with Crippen LogP contribution in [0.4, 0.5) is 11.4 Å². The first-order valence-electron chi connectivity index (χ1n) is 11.2.